The van der Waals surface area contributed by atoms with E-state index in [1.165, 1.54) is 23.3 Å². The van der Waals surface area contributed by atoms with Gasteiger partial charge in [-0.05, 0) is 78.1 Å². The minimum atomic E-state index is -1.01. The van der Waals surface area contributed by atoms with Crippen molar-refractivity contribution in [1.29, 1.82) is 0 Å². The molecule has 7 nitrogen and oxygen atoms in total. The molecule has 0 saturated carbocycles. The van der Waals surface area contributed by atoms with Crippen molar-refractivity contribution in [2.24, 2.45) is 0 Å². The molecule has 3 aromatic rings. The summed E-state index contributed by atoms with van der Waals surface area (Å²) in [6, 6.07) is 13.8. The second-order valence-electron chi connectivity index (χ2n) is 10.3. The highest BCUT2D eigenvalue weighted by molar-refractivity contribution is 6.02. The molecule has 0 unspecified atom stereocenters. The van der Waals surface area contributed by atoms with Crippen molar-refractivity contribution < 1.29 is 19.2 Å². The van der Waals surface area contributed by atoms with Crippen LogP contribution in [0.25, 0.3) is 0 Å². The number of aromatic nitrogens is 1. The van der Waals surface area contributed by atoms with Crippen molar-refractivity contribution in [2.75, 3.05) is 10.2 Å². The van der Waals surface area contributed by atoms with Crippen LogP contribution in [0.5, 0.6) is 0 Å². The van der Waals surface area contributed by atoms with Crippen molar-refractivity contribution in [3.63, 3.8) is 0 Å². The Hall–Kier alpha value is -3.61. The van der Waals surface area contributed by atoms with Gasteiger partial charge in [0.05, 0.1) is 12.1 Å². The lowest BCUT2D eigenvalue weighted by Gasteiger charge is -2.42. The summed E-state index contributed by atoms with van der Waals surface area (Å²) in [6.45, 7) is 11.1. The SMILES string of the molecule is Cc1cc(CN(C(=O)Nc2ccc(C(=O)O)cc2)c2ccc3c(c2)C(C)(C)CCC3(C)C)no1. The zero-order valence-electron chi connectivity index (χ0n) is 20.3. The van der Waals surface area contributed by atoms with E-state index >= 15 is 0 Å². The number of amides is 2. The Bertz CT molecular complexity index is 1220. The first-order valence-corrected chi connectivity index (χ1v) is 11.5. The largest absolute Gasteiger partial charge is 0.478 e. The number of aromatic carboxylic acids is 1. The maximum absolute atomic E-state index is 13.4. The number of anilines is 2. The Morgan fingerprint density at radius 2 is 1.65 bits per heavy atom. The molecule has 7 heteroatoms. The Balaban J connectivity index is 1.70. The predicted octanol–water partition coefficient (Wildman–Crippen LogP) is 6.27. The summed E-state index contributed by atoms with van der Waals surface area (Å²) < 4.78 is 5.22. The van der Waals surface area contributed by atoms with Crippen molar-refractivity contribution in [3.05, 3.63) is 76.7 Å². The predicted molar refractivity (Wildman–Crippen MR) is 132 cm³/mol. The molecule has 0 bridgehead atoms. The fraction of sp³-hybridized carbons (Fsp3) is 0.370. The van der Waals surface area contributed by atoms with E-state index in [9.17, 15) is 9.59 Å². The van der Waals surface area contributed by atoms with Gasteiger partial charge >= 0.3 is 12.0 Å². The third-order valence-corrected chi connectivity index (χ3v) is 6.77. The highest BCUT2D eigenvalue weighted by Gasteiger charge is 2.37. The molecule has 1 aromatic heterocycles. The average Bonchev–Trinajstić information content (AvgIpc) is 3.20. The molecule has 2 amide bonds. The van der Waals surface area contributed by atoms with Gasteiger partial charge in [-0.15, -0.1) is 0 Å². The summed E-state index contributed by atoms with van der Waals surface area (Å²) in [5.41, 5.74) is 4.72. The molecule has 1 aliphatic rings. The summed E-state index contributed by atoms with van der Waals surface area (Å²) in [5.74, 6) is -0.339. The van der Waals surface area contributed by atoms with Gasteiger partial charge in [-0.25, -0.2) is 9.59 Å². The summed E-state index contributed by atoms with van der Waals surface area (Å²) in [7, 11) is 0. The minimum Gasteiger partial charge on any atom is -0.478 e. The van der Waals surface area contributed by atoms with Gasteiger partial charge in [0.2, 0.25) is 0 Å². The average molecular weight is 462 g/mol. The third-order valence-electron chi connectivity index (χ3n) is 6.77. The number of aryl methyl sites for hydroxylation is 1. The normalized spacial score (nSPS) is 15.9. The topological polar surface area (TPSA) is 95.7 Å². The number of carbonyl (C=O) groups excluding carboxylic acids is 1. The van der Waals surface area contributed by atoms with Crippen molar-refractivity contribution in [2.45, 2.75) is 64.8 Å². The van der Waals surface area contributed by atoms with E-state index in [-0.39, 0.29) is 29.0 Å². The highest BCUT2D eigenvalue weighted by Crippen LogP contribution is 2.46. The van der Waals surface area contributed by atoms with Crippen LogP contribution in [0.4, 0.5) is 16.2 Å². The molecule has 0 saturated heterocycles. The molecule has 0 atom stereocenters. The van der Waals surface area contributed by atoms with Gasteiger partial charge < -0.3 is 14.9 Å². The van der Waals surface area contributed by atoms with Crippen LogP contribution >= 0.6 is 0 Å². The lowest BCUT2D eigenvalue weighted by atomic mass is 9.63. The van der Waals surface area contributed by atoms with Crippen LogP contribution in [-0.2, 0) is 17.4 Å². The molecule has 2 aromatic carbocycles. The van der Waals surface area contributed by atoms with Crippen molar-refractivity contribution in [3.8, 4) is 0 Å². The maximum atomic E-state index is 13.4. The fourth-order valence-corrected chi connectivity index (χ4v) is 4.57. The smallest absolute Gasteiger partial charge is 0.335 e. The Kier molecular flexibility index (Phi) is 5.98. The number of carboxylic acid groups (broad SMARTS) is 1. The monoisotopic (exact) mass is 461 g/mol. The van der Waals surface area contributed by atoms with Crippen LogP contribution in [0.15, 0.2) is 53.1 Å². The molecule has 1 aliphatic carbocycles. The standard InChI is InChI=1S/C27H31N3O4/c1-17-14-20(29-34-17)16-30(25(33)28-19-8-6-18(7-9-19)24(31)32)21-10-11-22-23(15-21)27(4,5)13-12-26(22,2)3/h6-11,14-15H,12-13,16H2,1-5H3,(H,28,33)(H,31,32). The number of benzene rings is 2. The molecular formula is C27H31N3O4. The summed E-state index contributed by atoms with van der Waals surface area (Å²) >= 11 is 0. The van der Waals surface area contributed by atoms with E-state index in [1.54, 1.807) is 17.0 Å². The number of carbonyl (C=O) groups is 2. The van der Waals surface area contributed by atoms with E-state index in [0.717, 1.165) is 18.5 Å². The lowest BCUT2D eigenvalue weighted by Crippen LogP contribution is -2.37. The second kappa shape index (κ2) is 8.63. The third kappa shape index (κ3) is 4.69. The molecule has 0 spiro atoms. The van der Waals surface area contributed by atoms with E-state index < -0.39 is 5.97 Å². The van der Waals surface area contributed by atoms with Crippen LogP contribution < -0.4 is 10.2 Å². The Labute approximate surface area is 199 Å². The second-order valence-corrected chi connectivity index (χ2v) is 10.3. The highest BCUT2D eigenvalue weighted by atomic mass is 16.5. The maximum Gasteiger partial charge on any atom is 0.335 e. The molecule has 34 heavy (non-hydrogen) atoms. The van der Waals surface area contributed by atoms with Crippen molar-refractivity contribution >= 4 is 23.4 Å². The first-order chi connectivity index (χ1) is 16.0. The van der Waals surface area contributed by atoms with Crippen LogP contribution in [0.1, 0.15) is 73.5 Å². The van der Waals surface area contributed by atoms with Gasteiger partial charge in [-0.3, -0.25) is 4.90 Å². The Morgan fingerprint density at radius 3 is 2.24 bits per heavy atom. The molecule has 2 N–H and O–H groups in total. The Morgan fingerprint density at radius 1 is 1.00 bits per heavy atom. The first-order valence-electron chi connectivity index (χ1n) is 11.5. The number of fused-ring (bicyclic) bond motifs is 1. The quantitative estimate of drug-likeness (QED) is 0.467. The van der Waals surface area contributed by atoms with E-state index in [4.69, 9.17) is 9.63 Å². The van der Waals surface area contributed by atoms with E-state index in [1.807, 2.05) is 19.1 Å². The number of rotatable bonds is 5. The number of nitrogens with zero attached hydrogens (tertiary/aromatic N) is 2. The van der Waals surface area contributed by atoms with E-state index in [2.05, 4.69) is 50.3 Å². The molecule has 0 fully saturated rings. The van der Waals surface area contributed by atoms with Crippen LogP contribution in [0.2, 0.25) is 0 Å². The number of hydrogen-bond donors (Lipinski definition) is 2. The zero-order chi connectivity index (χ0) is 24.7. The fourth-order valence-electron chi connectivity index (χ4n) is 4.57. The van der Waals surface area contributed by atoms with Crippen molar-refractivity contribution in [1.82, 2.24) is 5.16 Å². The van der Waals surface area contributed by atoms with Crippen LogP contribution in [0.3, 0.4) is 0 Å². The number of hydrogen-bond acceptors (Lipinski definition) is 4. The number of nitrogens with one attached hydrogen (secondary N) is 1. The summed E-state index contributed by atoms with van der Waals surface area (Å²) in [5, 5.41) is 16.1. The van der Waals surface area contributed by atoms with Gasteiger partial charge in [0.25, 0.3) is 0 Å². The van der Waals surface area contributed by atoms with Gasteiger partial charge in [-0.2, -0.15) is 0 Å². The van der Waals surface area contributed by atoms with Gasteiger partial charge in [0, 0.05) is 17.4 Å². The van der Waals surface area contributed by atoms with Crippen LogP contribution in [0, 0.1) is 6.92 Å². The molecular weight excluding hydrogens is 430 g/mol. The van der Waals surface area contributed by atoms with E-state index in [0.29, 0.717) is 17.1 Å². The summed E-state index contributed by atoms with van der Waals surface area (Å²) in [6.07, 6.45) is 2.18. The minimum absolute atomic E-state index is 0.000150. The lowest BCUT2D eigenvalue weighted by molar-refractivity contribution is 0.0697. The zero-order valence-corrected chi connectivity index (χ0v) is 20.3. The van der Waals surface area contributed by atoms with Gasteiger partial charge in [0.1, 0.15) is 11.5 Å². The van der Waals surface area contributed by atoms with Gasteiger partial charge in [0.15, 0.2) is 0 Å². The van der Waals surface area contributed by atoms with Gasteiger partial charge in [-0.1, -0.05) is 38.9 Å². The first kappa shape index (κ1) is 23.5. The molecule has 178 valence electrons. The molecule has 0 aliphatic heterocycles. The molecule has 0 radical (unpaired) electrons. The summed E-state index contributed by atoms with van der Waals surface area (Å²) in [4.78, 5) is 26.2. The van der Waals surface area contributed by atoms with Crippen LogP contribution in [-0.4, -0.2) is 22.3 Å². The molecule has 1 heterocycles. The number of carboxylic acids is 1. The number of urea groups is 1. The molecule has 4 rings (SSSR count).